The van der Waals surface area contributed by atoms with Gasteiger partial charge in [-0.3, -0.25) is 14.4 Å². The molecule has 0 unspecified atom stereocenters. The van der Waals surface area contributed by atoms with Crippen LogP contribution in [0.4, 0.5) is 5.69 Å². The second-order valence-electron chi connectivity index (χ2n) is 14.7. The molecule has 1 aliphatic rings. The standard InChI is InChI=1S/C35H46Cl2N2O6/c1-32(2,3)21-18-24(36)27(25(37)19-21)29(41)38-22-13-11-20(12-14-22)17-26(30(42)44-10)39-28(40)23-15-16-35(9,34(23,7)8)31(43)45-33(4,5)6/h11-14,18-19,23,26H,15-17H2,1-10H3,(H,38,41)(H,39,40)/t23-,26+,35+/m1/s1. The molecular formula is C35H46Cl2N2O6. The molecule has 10 heteroatoms. The number of ether oxygens (including phenoxy) is 2. The molecule has 2 aromatic carbocycles. The first-order valence-corrected chi connectivity index (χ1v) is 15.9. The first kappa shape index (κ1) is 36.4. The molecule has 2 aromatic rings. The number of hydrogen-bond donors (Lipinski definition) is 2. The fourth-order valence-corrected chi connectivity index (χ4v) is 6.36. The van der Waals surface area contributed by atoms with Crippen LogP contribution in [0, 0.1) is 16.7 Å². The molecule has 0 bridgehead atoms. The van der Waals surface area contributed by atoms with Crippen molar-refractivity contribution in [2.45, 2.75) is 98.6 Å². The summed E-state index contributed by atoms with van der Waals surface area (Å²) in [4.78, 5) is 52.5. The number of carbonyl (C=O) groups is 4. The summed E-state index contributed by atoms with van der Waals surface area (Å²) in [7, 11) is 1.27. The summed E-state index contributed by atoms with van der Waals surface area (Å²) in [6.07, 6.45) is 1.12. The van der Waals surface area contributed by atoms with E-state index in [2.05, 4.69) is 10.6 Å². The monoisotopic (exact) mass is 660 g/mol. The Hall–Kier alpha value is -3.10. The molecule has 0 radical (unpaired) electrons. The predicted octanol–water partition coefficient (Wildman–Crippen LogP) is 7.53. The quantitative estimate of drug-likeness (QED) is 0.283. The van der Waals surface area contributed by atoms with Crippen molar-refractivity contribution in [3.05, 3.63) is 63.1 Å². The van der Waals surface area contributed by atoms with Crippen molar-refractivity contribution < 1.29 is 28.7 Å². The van der Waals surface area contributed by atoms with Gasteiger partial charge in [0.2, 0.25) is 5.91 Å². The predicted molar refractivity (Wildman–Crippen MR) is 178 cm³/mol. The topological polar surface area (TPSA) is 111 Å². The summed E-state index contributed by atoms with van der Waals surface area (Å²) < 4.78 is 10.7. The average molecular weight is 662 g/mol. The van der Waals surface area contributed by atoms with Crippen molar-refractivity contribution in [2.24, 2.45) is 16.7 Å². The van der Waals surface area contributed by atoms with Gasteiger partial charge in [-0.1, -0.05) is 70.0 Å². The highest BCUT2D eigenvalue weighted by Gasteiger charge is 2.59. The van der Waals surface area contributed by atoms with Gasteiger partial charge in [0.1, 0.15) is 11.6 Å². The van der Waals surface area contributed by atoms with Crippen molar-refractivity contribution in [1.82, 2.24) is 5.32 Å². The van der Waals surface area contributed by atoms with Crippen LogP contribution in [0.1, 0.15) is 96.6 Å². The van der Waals surface area contributed by atoms with E-state index in [9.17, 15) is 19.2 Å². The average Bonchev–Trinajstić information content (AvgIpc) is 3.16. The van der Waals surface area contributed by atoms with Crippen molar-refractivity contribution in [3.8, 4) is 0 Å². The van der Waals surface area contributed by atoms with Crippen LogP contribution in [0.5, 0.6) is 0 Å². The largest absolute Gasteiger partial charge is 0.467 e. The smallest absolute Gasteiger partial charge is 0.328 e. The highest BCUT2D eigenvalue weighted by molar-refractivity contribution is 6.40. The third-order valence-electron chi connectivity index (χ3n) is 8.98. The number of methoxy groups -OCH3 is 1. The summed E-state index contributed by atoms with van der Waals surface area (Å²) in [5.74, 6) is -2.21. The van der Waals surface area contributed by atoms with Crippen LogP contribution < -0.4 is 10.6 Å². The van der Waals surface area contributed by atoms with Gasteiger partial charge in [0.25, 0.3) is 5.91 Å². The first-order valence-electron chi connectivity index (χ1n) is 15.1. The van der Waals surface area contributed by atoms with Gasteiger partial charge < -0.3 is 20.1 Å². The molecule has 246 valence electrons. The molecule has 1 aliphatic carbocycles. The molecule has 45 heavy (non-hydrogen) atoms. The van der Waals surface area contributed by atoms with E-state index in [1.54, 1.807) is 36.4 Å². The summed E-state index contributed by atoms with van der Waals surface area (Å²) in [5, 5.41) is 6.20. The molecule has 2 amide bonds. The van der Waals surface area contributed by atoms with Gasteiger partial charge in [0.15, 0.2) is 0 Å². The molecular weight excluding hydrogens is 615 g/mol. The normalized spacial score (nSPS) is 20.2. The van der Waals surface area contributed by atoms with E-state index < -0.39 is 40.3 Å². The Labute approximate surface area is 276 Å². The fourth-order valence-electron chi connectivity index (χ4n) is 5.70. The van der Waals surface area contributed by atoms with E-state index in [4.69, 9.17) is 32.7 Å². The maximum absolute atomic E-state index is 13.6. The molecule has 3 rings (SSSR count). The number of esters is 2. The molecule has 0 heterocycles. The van der Waals surface area contributed by atoms with Crippen molar-refractivity contribution in [1.29, 1.82) is 0 Å². The molecule has 1 fully saturated rings. The lowest BCUT2D eigenvalue weighted by atomic mass is 9.65. The Morgan fingerprint density at radius 2 is 1.51 bits per heavy atom. The van der Waals surface area contributed by atoms with Gasteiger partial charge in [-0.15, -0.1) is 0 Å². The number of hydrogen-bond acceptors (Lipinski definition) is 6. The number of nitrogens with one attached hydrogen (secondary N) is 2. The third-order valence-corrected chi connectivity index (χ3v) is 9.58. The molecule has 0 aromatic heterocycles. The number of halogens is 2. The van der Waals surface area contributed by atoms with Gasteiger partial charge in [0.05, 0.1) is 28.1 Å². The van der Waals surface area contributed by atoms with Crippen LogP contribution >= 0.6 is 23.2 Å². The number of amides is 2. The Morgan fingerprint density at radius 3 is 2.00 bits per heavy atom. The first-order chi connectivity index (χ1) is 20.6. The molecule has 8 nitrogen and oxygen atoms in total. The minimum absolute atomic E-state index is 0.162. The lowest BCUT2D eigenvalue weighted by Crippen LogP contribution is -2.51. The van der Waals surface area contributed by atoms with Crippen molar-refractivity contribution in [2.75, 3.05) is 12.4 Å². The SMILES string of the molecule is COC(=O)[C@H](Cc1ccc(NC(=O)c2c(Cl)cc(C(C)(C)C)cc2Cl)cc1)NC(=O)[C@H]1CC[C@@](C)(C(=O)OC(C)(C)C)C1(C)C. The van der Waals surface area contributed by atoms with Gasteiger partial charge in [0, 0.05) is 18.0 Å². The second-order valence-corrected chi connectivity index (χ2v) is 15.5. The van der Waals surface area contributed by atoms with Crippen LogP contribution in [0.2, 0.25) is 10.0 Å². The number of benzene rings is 2. The molecule has 2 N–H and O–H groups in total. The lowest BCUT2D eigenvalue weighted by molar-refractivity contribution is -0.173. The van der Waals surface area contributed by atoms with E-state index in [1.807, 2.05) is 62.3 Å². The summed E-state index contributed by atoms with van der Waals surface area (Å²) >= 11 is 12.9. The zero-order valence-corrected chi connectivity index (χ0v) is 29.5. The Bertz CT molecular complexity index is 1430. The van der Waals surface area contributed by atoms with Crippen LogP contribution in [0.25, 0.3) is 0 Å². The van der Waals surface area contributed by atoms with Gasteiger partial charge in [-0.25, -0.2) is 4.79 Å². The molecule has 0 spiro atoms. The van der Waals surface area contributed by atoms with E-state index in [0.29, 0.717) is 18.5 Å². The van der Waals surface area contributed by atoms with E-state index in [0.717, 1.165) is 11.1 Å². The summed E-state index contributed by atoms with van der Waals surface area (Å²) in [6, 6.07) is 9.44. The summed E-state index contributed by atoms with van der Waals surface area (Å²) in [5.41, 5.74) is -0.0931. The van der Waals surface area contributed by atoms with Crippen LogP contribution in [-0.2, 0) is 35.7 Å². The molecule has 0 aliphatic heterocycles. The van der Waals surface area contributed by atoms with E-state index >= 15 is 0 Å². The molecule has 3 atom stereocenters. The van der Waals surface area contributed by atoms with Gasteiger partial charge in [-0.05, 0) is 86.8 Å². The lowest BCUT2D eigenvalue weighted by Gasteiger charge is -2.40. The highest BCUT2D eigenvalue weighted by atomic mass is 35.5. The Morgan fingerprint density at radius 1 is 0.956 bits per heavy atom. The van der Waals surface area contributed by atoms with Gasteiger partial charge in [-0.2, -0.15) is 0 Å². The van der Waals surface area contributed by atoms with Crippen LogP contribution in [-0.4, -0.2) is 42.5 Å². The Balaban J connectivity index is 1.72. The van der Waals surface area contributed by atoms with Crippen molar-refractivity contribution in [3.63, 3.8) is 0 Å². The van der Waals surface area contributed by atoms with Crippen molar-refractivity contribution >= 4 is 52.6 Å². The summed E-state index contributed by atoms with van der Waals surface area (Å²) in [6.45, 7) is 17.2. The van der Waals surface area contributed by atoms with E-state index in [1.165, 1.54) is 7.11 Å². The van der Waals surface area contributed by atoms with Crippen LogP contribution in [0.15, 0.2) is 36.4 Å². The maximum atomic E-state index is 13.6. The fraction of sp³-hybridized carbons (Fsp3) is 0.543. The third kappa shape index (κ3) is 8.20. The van der Waals surface area contributed by atoms with E-state index in [-0.39, 0.29) is 39.3 Å². The zero-order chi connectivity index (χ0) is 34.1. The molecule has 0 saturated heterocycles. The Kier molecular flexibility index (Phi) is 10.8. The van der Waals surface area contributed by atoms with Crippen LogP contribution in [0.3, 0.4) is 0 Å². The minimum atomic E-state index is -0.953. The number of rotatable bonds is 8. The maximum Gasteiger partial charge on any atom is 0.328 e. The number of anilines is 1. The minimum Gasteiger partial charge on any atom is -0.467 e. The number of carbonyl (C=O) groups excluding carboxylic acids is 4. The second kappa shape index (κ2) is 13.3. The zero-order valence-electron chi connectivity index (χ0n) is 27.9. The van der Waals surface area contributed by atoms with Gasteiger partial charge >= 0.3 is 11.9 Å². The molecule has 1 saturated carbocycles. The highest BCUT2D eigenvalue weighted by Crippen LogP contribution is 2.57.